The summed E-state index contributed by atoms with van der Waals surface area (Å²) in [5.74, 6) is 0. The molecule has 2 heterocycles. The molecule has 0 aliphatic rings. The highest BCUT2D eigenvalue weighted by Gasteiger charge is 1.99. The van der Waals surface area contributed by atoms with Crippen molar-refractivity contribution in [3.05, 3.63) is 66.0 Å². The number of hydrogen-bond acceptors (Lipinski definition) is 1. The zero-order valence-electron chi connectivity index (χ0n) is 10.3. The lowest BCUT2D eigenvalue weighted by Gasteiger charge is -2.02. The summed E-state index contributed by atoms with van der Waals surface area (Å²) in [6.45, 7) is 0. The van der Waals surface area contributed by atoms with Crippen LogP contribution in [0.1, 0.15) is 17.5 Å². The van der Waals surface area contributed by atoms with Crippen molar-refractivity contribution in [1.82, 2.24) is 9.97 Å². The molecule has 1 aromatic carbocycles. The molecule has 0 fully saturated rings. The van der Waals surface area contributed by atoms with Gasteiger partial charge in [0.25, 0.3) is 0 Å². The van der Waals surface area contributed by atoms with Gasteiger partial charge in [-0.1, -0.05) is 30.3 Å². The van der Waals surface area contributed by atoms with Gasteiger partial charge in [0, 0.05) is 17.8 Å². The predicted octanol–water partition coefficient (Wildman–Crippen LogP) is 3.74. The third-order valence-corrected chi connectivity index (χ3v) is 3.23. The molecule has 0 saturated carbocycles. The second kappa shape index (κ2) is 5.05. The average Bonchev–Trinajstić information content (AvgIpc) is 2.87. The maximum atomic E-state index is 4.41. The molecule has 90 valence electrons. The fraction of sp³-hybridized carbons (Fsp3) is 0.188. The molecular weight excluding hydrogens is 220 g/mol. The van der Waals surface area contributed by atoms with Gasteiger partial charge in [-0.15, -0.1) is 0 Å². The molecule has 0 aliphatic carbocycles. The van der Waals surface area contributed by atoms with Crippen LogP contribution in [0.15, 0.2) is 54.9 Å². The van der Waals surface area contributed by atoms with E-state index in [1.165, 1.54) is 22.9 Å². The van der Waals surface area contributed by atoms with Crippen molar-refractivity contribution in [3.8, 4) is 0 Å². The first kappa shape index (κ1) is 11.0. The molecule has 0 spiro atoms. The first-order valence-electron chi connectivity index (χ1n) is 6.38. The Morgan fingerprint density at radius 3 is 2.67 bits per heavy atom. The minimum Gasteiger partial charge on any atom is -0.346 e. The Hall–Kier alpha value is -2.09. The van der Waals surface area contributed by atoms with Gasteiger partial charge in [0.1, 0.15) is 5.65 Å². The van der Waals surface area contributed by atoms with Crippen LogP contribution in [0.5, 0.6) is 0 Å². The molecular formula is C16H16N2. The Morgan fingerprint density at radius 2 is 1.78 bits per heavy atom. The van der Waals surface area contributed by atoms with E-state index in [4.69, 9.17) is 0 Å². The zero-order chi connectivity index (χ0) is 12.2. The fourth-order valence-corrected chi connectivity index (χ4v) is 2.26. The highest BCUT2D eigenvalue weighted by molar-refractivity contribution is 5.75. The number of nitrogens with zero attached hydrogens (tertiary/aromatic N) is 1. The average molecular weight is 236 g/mol. The number of benzene rings is 1. The van der Waals surface area contributed by atoms with Crippen LogP contribution >= 0.6 is 0 Å². The Kier molecular flexibility index (Phi) is 3.09. The van der Waals surface area contributed by atoms with Gasteiger partial charge < -0.3 is 4.98 Å². The molecule has 2 nitrogen and oxygen atoms in total. The molecule has 18 heavy (non-hydrogen) atoms. The lowest BCUT2D eigenvalue weighted by Crippen LogP contribution is -1.91. The van der Waals surface area contributed by atoms with Gasteiger partial charge in [-0.2, -0.15) is 0 Å². The van der Waals surface area contributed by atoms with Crippen molar-refractivity contribution >= 4 is 11.0 Å². The fourth-order valence-electron chi connectivity index (χ4n) is 2.26. The summed E-state index contributed by atoms with van der Waals surface area (Å²) in [4.78, 5) is 7.53. The lowest BCUT2D eigenvalue weighted by atomic mass is 10.0. The van der Waals surface area contributed by atoms with Crippen LogP contribution in [0.4, 0.5) is 0 Å². The number of H-pyrrole nitrogens is 1. The van der Waals surface area contributed by atoms with Gasteiger partial charge in [0.2, 0.25) is 0 Å². The molecule has 0 saturated heterocycles. The topological polar surface area (TPSA) is 28.7 Å². The summed E-state index contributed by atoms with van der Waals surface area (Å²) in [6.07, 6.45) is 7.30. The molecule has 0 atom stereocenters. The van der Waals surface area contributed by atoms with Crippen LogP contribution in [0.3, 0.4) is 0 Å². The zero-order valence-corrected chi connectivity index (χ0v) is 10.3. The van der Waals surface area contributed by atoms with Crippen molar-refractivity contribution in [2.45, 2.75) is 19.3 Å². The van der Waals surface area contributed by atoms with Crippen molar-refractivity contribution in [1.29, 1.82) is 0 Å². The second-order valence-corrected chi connectivity index (χ2v) is 4.60. The minimum atomic E-state index is 0.974. The Labute approximate surface area is 107 Å². The number of aryl methyl sites for hydroxylation is 2. The summed E-state index contributed by atoms with van der Waals surface area (Å²) in [5.41, 5.74) is 3.70. The number of nitrogens with one attached hydrogen (secondary N) is 1. The molecule has 0 bridgehead atoms. The normalized spacial score (nSPS) is 10.9. The van der Waals surface area contributed by atoms with E-state index in [0.29, 0.717) is 0 Å². The van der Waals surface area contributed by atoms with E-state index in [2.05, 4.69) is 52.4 Å². The molecule has 3 aromatic rings. The van der Waals surface area contributed by atoms with E-state index in [9.17, 15) is 0 Å². The van der Waals surface area contributed by atoms with Gasteiger partial charge in [-0.25, -0.2) is 4.98 Å². The molecule has 3 rings (SSSR count). The van der Waals surface area contributed by atoms with Gasteiger partial charge in [-0.3, -0.25) is 0 Å². The van der Waals surface area contributed by atoms with Crippen LogP contribution in [0.2, 0.25) is 0 Å². The van der Waals surface area contributed by atoms with Crippen LogP contribution in [-0.2, 0) is 12.8 Å². The third kappa shape index (κ3) is 2.43. The molecule has 2 heteroatoms. The largest absolute Gasteiger partial charge is 0.346 e. The van der Waals surface area contributed by atoms with E-state index in [1.807, 2.05) is 12.4 Å². The summed E-state index contributed by atoms with van der Waals surface area (Å²) >= 11 is 0. The van der Waals surface area contributed by atoms with Gasteiger partial charge in [-0.05, 0) is 42.5 Å². The van der Waals surface area contributed by atoms with Crippen molar-refractivity contribution in [3.63, 3.8) is 0 Å². The summed E-state index contributed by atoms with van der Waals surface area (Å²) in [6, 6.07) is 14.9. The lowest BCUT2D eigenvalue weighted by molar-refractivity contribution is 0.818. The van der Waals surface area contributed by atoms with Gasteiger partial charge in [0.05, 0.1) is 0 Å². The standard InChI is InChI=1S/C16H16N2/c1-2-5-13(6-3-1)7-4-8-14-11-15-9-10-17-16(15)18-12-14/h1-3,5-6,9-12H,4,7-8H2,(H,17,18). The first-order valence-corrected chi connectivity index (χ1v) is 6.38. The number of aromatic nitrogens is 2. The van der Waals surface area contributed by atoms with Gasteiger partial charge in [0.15, 0.2) is 0 Å². The molecule has 2 aromatic heterocycles. The summed E-state index contributed by atoms with van der Waals surface area (Å²) in [5, 5.41) is 1.20. The smallest absolute Gasteiger partial charge is 0.137 e. The SMILES string of the molecule is c1ccc(CCCc2cnc3[nH]ccc3c2)cc1. The molecule has 0 unspecified atom stereocenters. The van der Waals surface area contributed by atoms with Crippen LogP contribution in [-0.4, -0.2) is 9.97 Å². The number of hydrogen-bond donors (Lipinski definition) is 1. The van der Waals surface area contributed by atoms with Crippen LogP contribution < -0.4 is 0 Å². The molecule has 0 radical (unpaired) electrons. The quantitative estimate of drug-likeness (QED) is 0.734. The van der Waals surface area contributed by atoms with Crippen molar-refractivity contribution < 1.29 is 0 Å². The molecule has 0 aliphatic heterocycles. The number of rotatable bonds is 4. The monoisotopic (exact) mass is 236 g/mol. The Balaban J connectivity index is 1.62. The molecule has 0 amide bonds. The third-order valence-electron chi connectivity index (χ3n) is 3.23. The first-order chi connectivity index (χ1) is 8.92. The Bertz CT molecular complexity index is 626. The number of pyridine rings is 1. The highest BCUT2D eigenvalue weighted by atomic mass is 14.8. The predicted molar refractivity (Wildman–Crippen MR) is 74.6 cm³/mol. The van der Waals surface area contributed by atoms with E-state index >= 15 is 0 Å². The van der Waals surface area contributed by atoms with Crippen molar-refractivity contribution in [2.75, 3.05) is 0 Å². The van der Waals surface area contributed by atoms with Gasteiger partial charge >= 0.3 is 0 Å². The number of aromatic amines is 1. The van der Waals surface area contributed by atoms with E-state index in [-0.39, 0.29) is 0 Å². The van der Waals surface area contributed by atoms with E-state index < -0.39 is 0 Å². The summed E-state index contributed by atoms with van der Waals surface area (Å²) < 4.78 is 0. The number of fused-ring (bicyclic) bond motifs is 1. The van der Waals surface area contributed by atoms with Crippen LogP contribution in [0.25, 0.3) is 11.0 Å². The van der Waals surface area contributed by atoms with Crippen molar-refractivity contribution in [2.24, 2.45) is 0 Å². The second-order valence-electron chi connectivity index (χ2n) is 4.60. The highest BCUT2D eigenvalue weighted by Crippen LogP contribution is 2.13. The molecule has 1 N–H and O–H groups in total. The minimum absolute atomic E-state index is 0.974. The van der Waals surface area contributed by atoms with E-state index in [0.717, 1.165) is 18.5 Å². The van der Waals surface area contributed by atoms with Crippen LogP contribution in [0, 0.1) is 0 Å². The van der Waals surface area contributed by atoms with E-state index in [1.54, 1.807) is 0 Å². The summed E-state index contributed by atoms with van der Waals surface area (Å²) in [7, 11) is 0. The Morgan fingerprint density at radius 1 is 0.944 bits per heavy atom. The maximum absolute atomic E-state index is 4.41. The maximum Gasteiger partial charge on any atom is 0.137 e.